The van der Waals surface area contributed by atoms with Gasteiger partial charge in [0, 0.05) is 44.5 Å². The molecule has 0 amide bonds. The molecular weight excluding hydrogens is 308 g/mol. The highest BCUT2D eigenvalue weighted by atomic mass is 16.3. The van der Waals surface area contributed by atoms with E-state index in [1.165, 1.54) is 0 Å². The molecule has 2 aromatic rings. The largest absolute Gasteiger partial charge is 0.396 e. The summed E-state index contributed by atoms with van der Waals surface area (Å²) in [6.45, 7) is 5.06. The van der Waals surface area contributed by atoms with Crippen LogP contribution in [-0.2, 0) is 13.0 Å². The molecule has 8 nitrogen and oxygen atoms in total. The molecule has 3 heterocycles. The van der Waals surface area contributed by atoms with Crippen LogP contribution in [-0.4, -0.2) is 62.9 Å². The molecule has 1 saturated heterocycles. The van der Waals surface area contributed by atoms with Gasteiger partial charge in [-0.25, -0.2) is 19.9 Å². The fraction of sp³-hybridized carbons (Fsp3) is 0.500. The molecule has 0 saturated carbocycles. The quantitative estimate of drug-likeness (QED) is 0.786. The molecule has 128 valence electrons. The van der Waals surface area contributed by atoms with E-state index in [0.29, 0.717) is 23.9 Å². The van der Waals surface area contributed by atoms with Crippen molar-refractivity contribution in [3.8, 4) is 0 Å². The highest BCUT2D eigenvalue weighted by Gasteiger charge is 2.20. The fourth-order valence-corrected chi connectivity index (χ4v) is 2.76. The van der Waals surface area contributed by atoms with E-state index in [2.05, 4.69) is 29.7 Å². The standard InChI is InChI=1S/C16H22N6O2/c1-12-10-13(11-24)19-16(18-12)22-7-5-21(6-8-22)15-2-4-17-14(20-15)3-9-23/h2,4,10,23-24H,3,5-9,11H2,1H3. The first-order valence-corrected chi connectivity index (χ1v) is 8.07. The van der Waals surface area contributed by atoms with Gasteiger partial charge in [-0.1, -0.05) is 0 Å². The number of piperazine rings is 1. The first-order chi connectivity index (χ1) is 11.7. The fourth-order valence-electron chi connectivity index (χ4n) is 2.76. The van der Waals surface area contributed by atoms with Crippen molar-refractivity contribution in [1.29, 1.82) is 0 Å². The van der Waals surface area contributed by atoms with Gasteiger partial charge in [0.2, 0.25) is 5.95 Å². The van der Waals surface area contributed by atoms with Crippen molar-refractivity contribution in [1.82, 2.24) is 19.9 Å². The first kappa shape index (κ1) is 16.5. The Hall–Kier alpha value is -2.32. The van der Waals surface area contributed by atoms with Gasteiger partial charge in [0.1, 0.15) is 11.6 Å². The summed E-state index contributed by atoms with van der Waals surface area (Å²) in [7, 11) is 0. The number of hydrogen-bond donors (Lipinski definition) is 2. The minimum absolute atomic E-state index is 0.0507. The van der Waals surface area contributed by atoms with Crippen molar-refractivity contribution in [3.05, 3.63) is 35.5 Å². The molecule has 24 heavy (non-hydrogen) atoms. The summed E-state index contributed by atoms with van der Waals surface area (Å²) >= 11 is 0. The Morgan fingerprint density at radius 3 is 2.50 bits per heavy atom. The number of aliphatic hydroxyl groups is 2. The third-order valence-electron chi connectivity index (χ3n) is 3.97. The Balaban J connectivity index is 1.67. The van der Waals surface area contributed by atoms with Gasteiger partial charge in [-0.3, -0.25) is 0 Å². The SMILES string of the molecule is Cc1cc(CO)nc(N2CCN(c3ccnc(CCO)n3)CC2)n1. The zero-order chi connectivity index (χ0) is 16.9. The van der Waals surface area contributed by atoms with Gasteiger partial charge in [0.15, 0.2) is 0 Å². The van der Waals surface area contributed by atoms with E-state index in [1.807, 2.05) is 13.0 Å². The van der Waals surface area contributed by atoms with Crippen molar-refractivity contribution in [2.24, 2.45) is 0 Å². The highest BCUT2D eigenvalue weighted by Crippen LogP contribution is 2.17. The molecule has 0 spiro atoms. The van der Waals surface area contributed by atoms with Crippen molar-refractivity contribution in [2.45, 2.75) is 20.0 Å². The van der Waals surface area contributed by atoms with Crippen LogP contribution in [0.4, 0.5) is 11.8 Å². The van der Waals surface area contributed by atoms with Crippen LogP contribution in [0.25, 0.3) is 0 Å². The van der Waals surface area contributed by atoms with Gasteiger partial charge < -0.3 is 20.0 Å². The zero-order valence-electron chi connectivity index (χ0n) is 13.8. The zero-order valence-corrected chi connectivity index (χ0v) is 13.8. The number of aryl methyl sites for hydroxylation is 1. The van der Waals surface area contributed by atoms with E-state index >= 15 is 0 Å². The van der Waals surface area contributed by atoms with Crippen LogP contribution in [0.15, 0.2) is 18.3 Å². The molecule has 0 unspecified atom stereocenters. The highest BCUT2D eigenvalue weighted by molar-refractivity contribution is 5.42. The van der Waals surface area contributed by atoms with Crippen LogP contribution in [0.2, 0.25) is 0 Å². The third kappa shape index (κ3) is 3.77. The first-order valence-electron chi connectivity index (χ1n) is 8.07. The Kier molecular flexibility index (Phi) is 5.17. The van der Waals surface area contributed by atoms with E-state index < -0.39 is 0 Å². The van der Waals surface area contributed by atoms with Gasteiger partial charge in [-0.2, -0.15) is 0 Å². The number of aliphatic hydroxyl groups excluding tert-OH is 2. The lowest BCUT2D eigenvalue weighted by Crippen LogP contribution is -2.47. The molecule has 1 aliphatic rings. The van der Waals surface area contributed by atoms with Crippen LogP contribution in [0, 0.1) is 6.92 Å². The lowest BCUT2D eigenvalue weighted by Gasteiger charge is -2.35. The maximum absolute atomic E-state index is 9.30. The Labute approximate surface area is 140 Å². The van der Waals surface area contributed by atoms with E-state index in [4.69, 9.17) is 5.11 Å². The van der Waals surface area contributed by atoms with Crippen LogP contribution in [0.3, 0.4) is 0 Å². The van der Waals surface area contributed by atoms with Gasteiger partial charge in [0.25, 0.3) is 0 Å². The molecule has 8 heteroatoms. The molecule has 0 atom stereocenters. The van der Waals surface area contributed by atoms with E-state index in [1.54, 1.807) is 12.3 Å². The molecular formula is C16H22N6O2. The second-order valence-corrected chi connectivity index (χ2v) is 5.74. The van der Waals surface area contributed by atoms with Gasteiger partial charge in [0.05, 0.1) is 18.9 Å². The number of hydrogen-bond acceptors (Lipinski definition) is 8. The number of aromatic nitrogens is 4. The average Bonchev–Trinajstić information content (AvgIpc) is 2.62. The maximum Gasteiger partial charge on any atom is 0.225 e. The van der Waals surface area contributed by atoms with Crippen molar-refractivity contribution in [2.75, 3.05) is 42.6 Å². The van der Waals surface area contributed by atoms with Gasteiger partial charge in [-0.05, 0) is 19.1 Å². The Morgan fingerprint density at radius 1 is 1.04 bits per heavy atom. The van der Waals surface area contributed by atoms with E-state index in [-0.39, 0.29) is 13.2 Å². The summed E-state index contributed by atoms with van der Waals surface area (Å²) < 4.78 is 0. The van der Waals surface area contributed by atoms with E-state index in [0.717, 1.165) is 37.7 Å². The Bertz CT molecular complexity index is 688. The van der Waals surface area contributed by atoms with E-state index in [9.17, 15) is 5.11 Å². The van der Waals surface area contributed by atoms with Crippen molar-refractivity contribution in [3.63, 3.8) is 0 Å². The minimum atomic E-state index is -0.0785. The number of anilines is 2. The normalized spacial score (nSPS) is 15.0. The summed E-state index contributed by atoms with van der Waals surface area (Å²) in [5.74, 6) is 2.21. The molecule has 2 N–H and O–H groups in total. The van der Waals surface area contributed by atoms with Crippen LogP contribution in [0.1, 0.15) is 17.2 Å². The third-order valence-corrected chi connectivity index (χ3v) is 3.97. The molecule has 1 fully saturated rings. The molecule has 2 aromatic heterocycles. The minimum Gasteiger partial charge on any atom is -0.396 e. The predicted octanol–water partition coefficient (Wildman–Crippen LogP) is -0.0713. The molecule has 0 bridgehead atoms. The Morgan fingerprint density at radius 2 is 1.79 bits per heavy atom. The predicted molar refractivity (Wildman–Crippen MR) is 89.9 cm³/mol. The summed E-state index contributed by atoms with van der Waals surface area (Å²) in [5, 5.41) is 18.3. The molecule has 0 aromatic carbocycles. The summed E-state index contributed by atoms with van der Waals surface area (Å²) in [6, 6.07) is 3.69. The van der Waals surface area contributed by atoms with Crippen LogP contribution < -0.4 is 9.80 Å². The lowest BCUT2D eigenvalue weighted by molar-refractivity contribution is 0.276. The lowest BCUT2D eigenvalue weighted by atomic mass is 10.3. The second-order valence-electron chi connectivity index (χ2n) is 5.74. The van der Waals surface area contributed by atoms with Gasteiger partial charge >= 0.3 is 0 Å². The van der Waals surface area contributed by atoms with Gasteiger partial charge in [-0.15, -0.1) is 0 Å². The molecule has 1 aliphatic heterocycles. The van der Waals surface area contributed by atoms with Crippen molar-refractivity contribution >= 4 is 11.8 Å². The maximum atomic E-state index is 9.30. The molecule has 0 aliphatic carbocycles. The van der Waals surface area contributed by atoms with Crippen molar-refractivity contribution < 1.29 is 10.2 Å². The van der Waals surface area contributed by atoms with Crippen LogP contribution in [0.5, 0.6) is 0 Å². The molecule has 0 radical (unpaired) electrons. The number of nitrogens with zero attached hydrogens (tertiary/aromatic N) is 6. The smallest absolute Gasteiger partial charge is 0.225 e. The number of rotatable bonds is 5. The second kappa shape index (κ2) is 7.50. The summed E-state index contributed by atoms with van der Waals surface area (Å²) in [6.07, 6.45) is 2.20. The monoisotopic (exact) mass is 330 g/mol. The summed E-state index contributed by atoms with van der Waals surface area (Å²) in [5.41, 5.74) is 1.50. The topological polar surface area (TPSA) is 98.5 Å². The van der Waals surface area contributed by atoms with Crippen LogP contribution >= 0.6 is 0 Å². The summed E-state index contributed by atoms with van der Waals surface area (Å²) in [4.78, 5) is 21.9. The average molecular weight is 330 g/mol. The molecule has 3 rings (SSSR count).